The van der Waals surface area contributed by atoms with E-state index in [-0.39, 0.29) is 6.35 Å². The smallest absolute Gasteiger partial charge is 0.289 e. The van der Waals surface area contributed by atoms with Gasteiger partial charge in [-0.15, -0.1) is 0 Å². The van der Waals surface area contributed by atoms with Gasteiger partial charge in [0.1, 0.15) is 6.35 Å². The zero-order chi connectivity index (χ0) is 4.62. The minimum atomic E-state index is -2.58. The van der Waals surface area contributed by atoms with E-state index >= 15 is 0 Å². The topological polar surface area (TPSA) is 46.7 Å². The fourth-order valence-electron chi connectivity index (χ4n) is 0.118. The van der Waals surface area contributed by atoms with E-state index in [1.807, 2.05) is 0 Å². The molecule has 1 rings (SSSR count). The summed E-state index contributed by atoms with van der Waals surface area (Å²) in [7, 11) is -2.58. The lowest BCUT2D eigenvalue weighted by atomic mass is 11.7. The van der Waals surface area contributed by atoms with Gasteiger partial charge in [0.2, 0.25) is 6.03 Å². The molecule has 0 aromatic carbocycles. The Morgan fingerprint density at radius 3 is 2.33 bits per heavy atom. The van der Waals surface area contributed by atoms with Crippen molar-refractivity contribution in [2.24, 2.45) is 0 Å². The van der Waals surface area contributed by atoms with Gasteiger partial charge in [0.05, 0.1) is 0 Å². The van der Waals surface area contributed by atoms with E-state index in [4.69, 9.17) is 0 Å². The minimum absolute atomic E-state index is 0.163. The first-order chi connectivity index (χ1) is 2.77. The molecule has 0 bridgehead atoms. The molecule has 0 aromatic rings. The lowest BCUT2D eigenvalue weighted by Gasteiger charge is -1.61. The maximum Gasteiger partial charge on any atom is 0.289 e. The Morgan fingerprint density at radius 1 is 1.83 bits per heavy atom. The summed E-state index contributed by atoms with van der Waals surface area (Å²) in [5.41, 5.74) is 0. The molecule has 1 saturated heterocycles. The summed E-state index contributed by atoms with van der Waals surface area (Å²) >= 11 is 0. The maximum atomic E-state index is 10.1. The number of carbonyl (C=O) groups is 1. The summed E-state index contributed by atoms with van der Waals surface area (Å²) in [6.45, 7) is 0. The van der Waals surface area contributed by atoms with Gasteiger partial charge in [-0.25, -0.2) is 0 Å². The number of hydrogen-bond donors (Lipinski definition) is 0. The van der Waals surface area contributed by atoms with Gasteiger partial charge in [-0.2, -0.15) is 0 Å². The first-order valence-corrected chi connectivity index (χ1v) is 3.34. The Morgan fingerprint density at radius 2 is 2.33 bits per heavy atom. The third kappa shape index (κ3) is 0.511. The summed E-state index contributed by atoms with van der Waals surface area (Å²) < 4.78 is 14.3. The molecule has 34 valence electrons. The Hall–Kier alpha value is -0.140. The zero-order valence-corrected chi connectivity index (χ0v) is 3.85. The second kappa shape index (κ2) is 0.922. The molecule has 1 fully saturated rings. The van der Waals surface area contributed by atoms with Gasteiger partial charge in [-0.05, 0) is 0 Å². The highest BCUT2D eigenvalue weighted by Gasteiger charge is 2.37. The normalized spacial score (nSPS) is 42.0. The molecule has 1 aliphatic heterocycles. The number of carbonyl (C=O) groups excluding carboxylic acids is 1. The molecule has 0 aliphatic carbocycles. The average Bonchev–Trinajstić information content (AvgIpc) is 2.22. The lowest BCUT2D eigenvalue weighted by molar-refractivity contribution is 0.513. The quantitative estimate of drug-likeness (QED) is 0.277. The summed E-state index contributed by atoms with van der Waals surface area (Å²) in [6.07, 6.45) is 0.163. The van der Waals surface area contributed by atoms with E-state index in [2.05, 4.69) is 4.52 Å². The monoisotopic (exact) mass is 106 g/mol. The Labute approximate surface area is 34.7 Å². The number of rotatable bonds is 1. The van der Waals surface area contributed by atoms with E-state index in [1.54, 1.807) is 0 Å². The van der Waals surface area contributed by atoms with E-state index in [0.29, 0.717) is 6.03 Å². The van der Waals surface area contributed by atoms with E-state index in [0.717, 1.165) is 0 Å². The molecule has 3 nitrogen and oxygen atoms in total. The summed E-state index contributed by atoms with van der Waals surface area (Å²) in [5.74, 6) is 0. The molecular formula is C2H3O3P. The predicted octanol–water partition coefficient (Wildman–Crippen LogP) is 0.442. The molecule has 0 saturated carbocycles. The van der Waals surface area contributed by atoms with Crippen molar-refractivity contribution in [2.45, 2.75) is 0 Å². The van der Waals surface area contributed by atoms with Crippen molar-refractivity contribution < 1.29 is 13.9 Å². The molecular weight excluding hydrogens is 103 g/mol. The van der Waals surface area contributed by atoms with Crippen molar-refractivity contribution in [3.8, 4) is 0 Å². The Kier molecular flexibility index (Phi) is 0.620. The van der Waals surface area contributed by atoms with Gasteiger partial charge in [0.15, 0.2) is 0 Å². The molecule has 4 heteroatoms. The van der Waals surface area contributed by atoms with Crippen LogP contribution in [0.25, 0.3) is 0 Å². The van der Waals surface area contributed by atoms with Crippen LogP contribution in [0.1, 0.15) is 0 Å². The maximum absolute atomic E-state index is 10.1. The zero-order valence-electron chi connectivity index (χ0n) is 2.96. The molecule has 0 N–H and O–H groups in total. The average molecular weight is 106 g/mol. The summed E-state index contributed by atoms with van der Waals surface area (Å²) in [4.78, 5) is 9.50. The molecule has 1 heterocycles. The van der Waals surface area contributed by atoms with Crippen molar-refractivity contribution in [3.05, 3.63) is 0 Å². The molecule has 1 aliphatic rings. The van der Waals surface area contributed by atoms with Gasteiger partial charge < -0.3 is 4.52 Å². The van der Waals surface area contributed by atoms with Crippen molar-refractivity contribution in [1.82, 2.24) is 0 Å². The van der Waals surface area contributed by atoms with Crippen LogP contribution in [0, 0.1) is 0 Å². The highest BCUT2D eigenvalue weighted by atomic mass is 31.2. The third-order valence-electron chi connectivity index (χ3n) is 0.544. The summed E-state index contributed by atoms with van der Waals surface area (Å²) in [5, 5.41) is 0. The second-order valence-electron chi connectivity index (χ2n) is 1.09. The predicted molar refractivity (Wildman–Crippen MR) is 20.3 cm³/mol. The highest BCUT2D eigenvalue weighted by Crippen LogP contribution is 2.58. The van der Waals surface area contributed by atoms with Crippen LogP contribution >= 0.6 is 7.37 Å². The Bertz CT molecular complexity index is 110. The van der Waals surface area contributed by atoms with Crippen LogP contribution < -0.4 is 0 Å². The lowest BCUT2D eigenvalue weighted by Crippen LogP contribution is -1.50. The largest absolute Gasteiger partial charge is 0.311 e. The van der Waals surface area contributed by atoms with Gasteiger partial charge in [0.25, 0.3) is 7.37 Å². The highest BCUT2D eigenvalue weighted by molar-refractivity contribution is 7.78. The van der Waals surface area contributed by atoms with Crippen LogP contribution in [0.2, 0.25) is 0 Å². The fourth-order valence-corrected chi connectivity index (χ4v) is 0.695. The van der Waals surface area contributed by atoms with Crippen molar-refractivity contribution in [1.29, 1.82) is 0 Å². The van der Waals surface area contributed by atoms with Crippen LogP contribution in [0.4, 0.5) is 0 Å². The van der Waals surface area contributed by atoms with Crippen LogP contribution in [0.5, 0.6) is 0 Å². The van der Waals surface area contributed by atoms with Gasteiger partial charge >= 0.3 is 0 Å². The second-order valence-corrected chi connectivity index (χ2v) is 3.27. The van der Waals surface area contributed by atoms with Gasteiger partial charge in [-0.3, -0.25) is 9.36 Å². The Balaban J connectivity index is 2.72. The van der Waals surface area contributed by atoms with Gasteiger partial charge in [-0.1, -0.05) is 0 Å². The molecule has 0 amide bonds. The molecule has 0 radical (unpaired) electrons. The van der Waals surface area contributed by atoms with Gasteiger partial charge in [0, 0.05) is 0 Å². The standard InChI is InChI=1S/C2H3O3P/c3-1-6(4)2-5-6/h1H,2H2. The molecule has 6 heavy (non-hydrogen) atoms. The van der Waals surface area contributed by atoms with Crippen LogP contribution in [-0.2, 0) is 13.9 Å². The first-order valence-electron chi connectivity index (χ1n) is 1.46. The molecule has 0 spiro atoms. The molecule has 1 unspecified atom stereocenters. The van der Waals surface area contributed by atoms with Crippen LogP contribution in [0.15, 0.2) is 0 Å². The molecule has 1 atom stereocenters. The van der Waals surface area contributed by atoms with E-state index < -0.39 is 7.37 Å². The first kappa shape index (κ1) is 4.03. The van der Waals surface area contributed by atoms with Crippen LogP contribution in [-0.4, -0.2) is 12.4 Å². The summed E-state index contributed by atoms with van der Waals surface area (Å²) in [6, 6.07) is 0.382. The van der Waals surface area contributed by atoms with Crippen molar-refractivity contribution in [2.75, 3.05) is 6.35 Å². The van der Waals surface area contributed by atoms with E-state index in [9.17, 15) is 9.36 Å². The fraction of sp³-hybridized carbons (Fsp3) is 0.500. The number of hydrogen-bond acceptors (Lipinski definition) is 3. The molecule has 0 aromatic heterocycles. The van der Waals surface area contributed by atoms with Crippen LogP contribution in [0.3, 0.4) is 0 Å². The van der Waals surface area contributed by atoms with E-state index in [1.165, 1.54) is 0 Å². The minimum Gasteiger partial charge on any atom is -0.311 e. The third-order valence-corrected chi connectivity index (χ3v) is 1.63. The SMILES string of the molecule is O=CP1(=O)CO1. The van der Waals surface area contributed by atoms with Crippen molar-refractivity contribution >= 4 is 13.4 Å². The van der Waals surface area contributed by atoms with Crippen molar-refractivity contribution in [3.63, 3.8) is 0 Å².